The number of aromatic nitrogens is 3. The Hall–Kier alpha value is -5.07. The van der Waals surface area contributed by atoms with E-state index in [2.05, 4.69) is 4.99 Å². The van der Waals surface area contributed by atoms with Crippen molar-refractivity contribution in [3.8, 4) is 27.8 Å². The Morgan fingerprint density at radius 1 is 1.02 bits per heavy atom. The van der Waals surface area contributed by atoms with Gasteiger partial charge in [-0.1, -0.05) is 41.7 Å². The number of carbonyl (C=O) groups is 2. The Morgan fingerprint density at radius 3 is 2.50 bits per heavy atom. The molecule has 0 aliphatic carbocycles. The second kappa shape index (κ2) is 11.9. The number of fused-ring (bicyclic) bond motifs is 1. The molecule has 1 atom stereocenters. The van der Waals surface area contributed by atoms with Crippen LogP contribution in [0.25, 0.3) is 22.3 Å². The highest BCUT2D eigenvalue weighted by atomic mass is 32.1. The molecule has 6 rings (SSSR count). The van der Waals surface area contributed by atoms with E-state index in [1.165, 1.54) is 37.0 Å². The van der Waals surface area contributed by atoms with Crippen LogP contribution in [0.2, 0.25) is 0 Å². The Morgan fingerprint density at radius 2 is 1.82 bits per heavy atom. The highest BCUT2D eigenvalue weighted by molar-refractivity contribution is 7.13. The zero-order valence-electron chi connectivity index (χ0n) is 24.1. The summed E-state index contributed by atoms with van der Waals surface area (Å²) < 4.78 is 19.6. The minimum absolute atomic E-state index is 0.213. The maximum Gasteiger partial charge on any atom is 0.338 e. The fourth-order valence-corrected chi connectivity index (χ4v) is 6.82. The van der Waals surface area contributed by atoms with Crippen molar-refractivity contribution >= 4 is 40.7 Å². The summed E-state index contributed by atoms with van der Waals surface area (Å²) in [6.07, 6.45) is 3.70. The number of methoxy groups -OCH3 is 2. The third-order valence-corrected chi connectivity index (χ3v) is 8.85. The summed E-state index contributed by atoms with van der Waals surface area (Å²) in [5, 5.41) is 6.83. The number of carbonyl (C=O) groups excluding carboxylic acids is 2. The zero-order valence-corrected chi connectivity index (χ0v) is 25.8. The summed E-state index contributed by atoms with van der Waals surface area (Å²) in [4.78, 5) is 44.9. The molecule has 44 heavy (non-hydrogen) atoms. The molecular formula is C32H26N4O6S2. The van der Waals surface area contributed by atoms with Crippen molar-refractivity contribution in [3.63, 3.8) is 0 Å². The third-order valence-electron chi connectivity index (χ3n) is 6.99. The number of ether oxygens (including phenoxy) is 3. The summed E-state index contributed by atoms with van der Waals surface area (Å²) in [6.45, 7) is 3.00. The van der Waals surface area contributed by atoms with Gasteiger partial charge >= 0.3 is 11.9 Å². The van der Waals surface area contributed by atoms with Gasteiger partial charge in [-0.3, -0.25) is 14.2 Å². The summed E-state index contributed by atoms with van der Waals surface area (Å²) in [6, 6.07) is 17.7. The summed E-state index contributed by atoms with van der Waals surface area (Å²) in [5.41, 5.74) is 3.24. The van der Waals surface area contributed by atoms with Gasteiger partial charge in [-0.05, 0) is 54.3 Å². The van der Waals surface area contributed by atoms with Gasteiger partial charge in [0.2, 0.25) is 0 Å². The first-order chi connectivity index (χ1) is 21.3. The van der Waals surface area contributed by atoms with Crippen LogP contribution in [0.1, 0.15) is 31.0 Å². The van der Waals surface area contributed by atoms with E-state index >= 15 is 0 Å². The predicted octanol–water partition coefficient (Wildman–Crippen LogP) is 4.26. The van der Waals surface area contributed by atoms with Gasteiger partial charge < -0.3 is 14.2 Å². The number of hydrogen-bond donors (Lipinski definition) is 0. The lowest BCUT2D eigenvalue weighted by molar-refractivity contribution is -0.136. The van der Waals surface area contributed by atoms with Gasteiger partial charge in [0.1, 0.15) is 5.69 Å². The predicted molar refractivity (Wildman–Crippen MR) is 167 cm³/mol. The minimum atomic E-state index is -0.870. The van der Waals surface area contributed by atoms with E-state index < -0.39 is 18.0 Å². The monoisotopic (exact) mass is 626 g/mol. The zero-order chi connectivity index (χ0) is 31.0. The lowest BCUT2D eigenvalue weighted by Crippen LogP contribution is -2.39. The first-order valence-corrected chi connectivity index (χ1v) is 15.1. The van der Waals surface area contributed by atoms with Gasteiger partial charge in [0.15, 0.2) is 16.3 Å². The van der Waals surface area contributed by atoms with Crippen molar-refractivity contribution in [3.05, 3.63) is 114 Å². The molecule has 0 amide bonds. The van der Waals surface area contributed by atoms with Crippen molar-refractivity contribution in [1.82, 2.24) is 14.3 Å². The molecule has 12 heteroatoms. The van der Waals surface area contributed by atoms with E-state index in [1.54, 1.807) is 41.1 Å². The largest absolute Gasteiger partial charge is 0.493 e. The Kier molecular flexibility index (Phi) is 7.85. The van der Waals surface area contributed by atoms with E-state index in [-0.39, 0.29) is 22.6 Å². The molecule has 1 aliphatic heterocycles. The number of allylic oxidation sites excluding steroid dienone is 1. The van der Waals surface area contributed by atoms with Gasteiger partial charge in [-0.25, -0.2) is 14.5 Å². The molecule has 3 aromatic heterocycles. The molecule has 0 spiro atoms. The van der Waals surface area contributed by atoms with Crippen molar-refractivity contribution < 1.29 is 23.8 Å². The Balaban J connectivity index is 1.55. The number of nitrogens with zero attached hydrogens (tertiary/aromatic N) is 4. The van der Waals surface area contributed by atoms with E-state index in [0.717, 1.165) is 21.8 Å². The molecule has 4 heterocycles. The highest BCUT2D eigenvalue weighted by Crippen LogP contribution is 2.36. The molecule has 0 saturated heterocycles. The van der Waals surface area contributed by atoms with Crippen LogP contribution in [-0.2, 0) is 14.3 Å². The van der Waals surface area contributed by atoms with E-state index in [1.807, 2.05) is 60.1 Å². The SMILES string of the molecule is COC(=O)C1=C(C)N=c2sc(=Cc3cn(-c4ccccc4)nc3-c3cccs3)c(=O)n2C1c1ccc(OC(C)=O)c(OC)c1. The molecular weight excluding hydrogens is 601 g/mol. The maximum absolute atomic E-state index is 14.2. The first kappa shape index (κ1) is 29.0. The molecule has 1 aliphatic rings. The van der Waals surface area contributed by atoms with Crippen LogP contribution >= 0.6 is 22.7 Å². The molecule has 0 N–H and O–H groups in total. The lowest BCUT2D eigenvalue weighted by atomic mass is 9.95. The Bertz CT molecular complexity index is 2110. The molecule has 0 radical (unpaired) electrons. The average Bonchev–Trinajstić information content (AvgIpc) is 3.76. The van der Waals surface area contributed by atoms with Crippen LogP contribution in [0.4, 0.5) is 0 Å². The van der Waals surface area contributed by atoms with Crippen LogP contribution < -0.4 is 24.4 Å². The van der Waals surface area contributed by atoms with Gasteiger partial charge in [0.05, 0.1) is 46.6 Å². The van der Waals surface area contributed by atoms with E-state index in [9.17, 15) is 14.4 Å². The number of esters is 2. The number of thiazole rings is 1. The van der Waals surface area contributed by atoms with Crippen LogP contribution in [0.5, 0.6) is 11.5 Å². The molecule has 0 fully saturated rings. The lowest BCUT2D eigenvalue weighted by Gasteiger charge is -2.25. The van der Waals surface area contributed by atoms with Gasteiger partial charge in [-0.15, -0.1) is 11.3 Å². The maximum atomic E-state index is 14.2. The molecule has 10 nitrogen and oxygen atoms in total. The van der Waals surface area contributed by atoms with Crippen molar-refractivity contribution in [1.29, 1.82) is 0 Å². The molecule has 5 aromatic rings. The number of hydrogen-bond acceptors (Lipinski definition) is 10. The smallest absolute Gasteiger partial charge is 0.338 e. The standard InChI is InChI=1S/C32H26N4O6S2/c1-18-27(31(39)41-4)29(20-12-13-23(42-19(2)37)24(15-20)40-3)36-30(38)26(44-32(36)33-18)16-21-17-35(22-9-6-5-7-10-22)34-28(21)25-11-8-14-43-25/h5-17,29H,1-4H3. The quantitative estimate of drug-likeness (QED) is 0.196. The fourth-order valence-electron chi connectivity index (χ4n) is 5.05. The molecule has 2 aromatic carbocycles. The second-order valence-corrected chi connectivity index (χ2v) is 11.7. The second-order valence-electron chi connectivity index (χ2n) is 9.77. The molecule has 1 unspecified atom stereocenters. The van der Waals surface area contributed by atoms with E-state index in [0.29, 0.717) is 20.6 Å². The van der Waals surface area contributed by atoms with Crippen LogP contribution in [0.15, 0.2) is 93.3 Å². The van der Waals surface area contributed by atoms with Crippen LogP contribution in [0.3, 0.4) is 0 Å². The van der Waals surface area contributed by atoms with Crippen LogP contribution in [-0.4, -0.2) is 40.5 Å². The number of benzene rings is 2. The Labute approximate surface area is 259 Å². The number of para-hydroxylation sites is 1. The van der Waals surface area contributed by atoms with Gasteiger partial charge in [0, 0.05) is 18.7 Å². The molecule has 222 valence electrons. The average molecular weight is 627 g/mol. The molecule has 0 saturated carbocycles. The highest BCUT2D eigenvalue weighted by Gasteiger charge is 2.34. The molecule has 0 bridgehead atoms. The topological polar surface area (TPSA) is 114 Å². The normalized spacial score (nSPS) is 14.6. The van der Waals surface area contributed by atoms with Crippen LogP contribution in [0, 0.1) is 0 Å². The summed E-state index contributed by atoms with van der Waals surface area (Å²) in [7, 11) is 2.73. The summed E-state index contributed by atoms with van der Waals surface area (Å²) in [5.74, 6) is -0.633. The summed E-state index contributed by atoms with van der Waals surface area (Å²) >= 11 is 2.78. The fraction of sp³-hybridized carbons (Fsp3) is 0.156. The van der Waals surface area contributed by atoms with Crippen molar-refractivity contribution in [2.75, 3.05) is 14.2 Å². The van der Waals surface area contributed by atoms with Gasteiger partial charge in [-0.2, -0.15) is 5.10 Å². The van der Waals surface area contributed by atoms with Gasteiger partial charge in [0.25, 0.3) is 5.56 Å². The van der Waals surface area contributed by atoms with E-state index in [4.69, 9.17) is 19.3 Å². The minimum Gasteiger partial charge on any atom is -0.493 e. The van der Waals surface area contributed by atoms with Crippen molar-refractivity contribution in [2.45, 2.75) is 19.9 Å². The van der Waals surface area contributed by atoms with Crippen molar-refractivity contribution in [2.24, 2.45) is 4.99 Å². The number of thiophene rings is 1. The number of rotatable bonds is 7. The third kappa shape index (κ3) is 5.29. The first-order valence-electron chi connectivity index (χ1n) is 13.4.